The Hall–Kier alpha value is -1.38. The third-order valence-corrected chi connectivity index (χ3v) is 2.65. The lowest BCUT2D eigenvalue weighted by Crippen LogP contribution is -2.25. The number of hydrogen-bond donors (Lipinski definition) is 1. The first-order valence-electron chi connectivity index (χ1n) is 4.95. The van der Waals surface area contributed by atoms with Crippen LogP contribution in [0.2, 0.25) is 0 Å². The van der Waals surface area contributed by atoms with Crippen LogP contribution in [-0.2, 0) is 0 Å². The quantitative estimate of drug-likeness (QED) is 0.703. The van der Waals surface area contributed by atoms with Crippen LogP contribution in [0.5, 0.6) is 0 Å². The van der Waals surface area contributed by atoms with Crippen LogP contribution in [0.25, 0.3) is 0 Å². The fourth-order valence-corrected chi connectivity index (χ4v) is 1.79. The van der Waals surface area contributed by atoms with Crippen LogP contribution in [0.15, 0.2) is 47.3 Å². The number of allylic oxidation sites excluding steroid dienone is 8. The Morgan fingerprint density at radius 3 is 2.60 bits per heavy atom. The Morgan fingerprint density at radius 2 is 1.93 bits per heavy atom. The molecule has 80 valence electrons. The molecule has 1 unspecified atom stereocenters. The molecule has 0 aromatic rings. The van der Waals surface area contributed by atoms with Crippen molar-refractivity contribution in [2.24, 2.45) is 0 Å². The lowest BCUT2D eigenvalue weighted by Gasteiger charge is -2.22. The molecule has 0 heterocycles. The number of hydrogen-bond acceptors (Lipinski definition) is 1. The van der Waals surface area contributed by atoms with Crippen LogP contribution in [0.4, 0.5) is 8.78 Å². The van der Waals surface area contributed by atoms with Crippen molar-refractivity contribution >= 4 is 0 Å². The normalized spacial score (nSPS) is 30.7. The average molecular weight is 210 g/mol. The molecule has 2 atom stereocenters. The summed E-state index contributed by atoms with van der Waals surface area (Å²) >= 11 is 0. The third-order valence-electron chi connectivity index (χ3n) is 2.65. The summed E-state index contributed by atoms with van der Waals surface area (Å²) in [5.41, 5.74) is 1.17. The van der Waals surface area contributed by atoms with E-state index in [4.69, 9.17) is 5.11 Å². The summed E-state index contributed by atoms with van der Waals surface area (Å²) < 4.78 is 26.8. The highest BCUT2D eigenvalue weighted by Crippen LogP contribution is 2.31. The minimum atomic E-state index is -1.92. The summed E-state index contributed by atoms with van der Waals surface area (Å²) in [7, 11) is 0. The molecule has 0 aromatic carbocycles. The highest BCUT2D eigenvalue weighted by Gasteiger charge is 2.31. The minimum Gasteiger partial charge on any atom is -0.509 e. The van der Waals surface area contributed by atoms with E-state index < -0.39 is 18.1 Å². The number of alkyl halides is 2. The fraction of sp³-hybridized carbons (Fsp3) is 0.333. The monoisotopic (exact) mass is 210 g/mol. The Bertz CT molecular complexity index is 377. The molecule has 2 aliphatic rings. The van der Waals surface area contributed by atoms with Gasteiger partial charge in [0.05, 0.1) is 0 Å². The highest BCUT2D eigenvalue weighted by molar-refractivity contribution is 5.44. The number of halogens is 2. The molecule has 1 nitrogen and oxygen atoms in total. The molecule has 2 aliphatic carbocycles. The van der Waals surface area contributed by atoms with Crippen molar-refractivity contribution in [1.29, 1.82) is 0 Å². The van der Waals surface area contributed by atoms with Gasteiger partial charge in [-0.05, 0) is 30.1 Å². The van der Waals surface area contributed by atoms with Gasteiger partial charge in [0.15, 0.2) is 12.3 Å². The molecule has 0 bridgehead atoms. The maximum atomic E-state index is 13.6. The van der Waals surface area contributed by atoms with Gasteiger partial charge in [0.1, 0.15) is 5.76 Å². The average Bonchev–Trinajstić information content (AvgIpc) is 2.27. The van der Waals surface area contributed by atoms with Crippen LogP contribution < -0.4 is 0 Å². The summed E-state index contributed by atoms with van der Waals surface area (Å²) in [4.78, 5) is 0. The molecular weight excluding hydrogens is 198 g/mol. The molecule has 0 saturated heterocycles. The number of aliphatic hydroxyl groups is 1. The molecule has 0 radical (unpaired) electrons. The number of aliphatic hydroxyl groups excluding tert-OH is 1. The van der Waals surface area contributed by atoms with E-state index in [1.54, 1.807) is 6.08 Å². The van der Waals surface area contributed by atoms with Gasteiger partial charge >= 0.3 is 0 Å². The molecule has 0 spiro atoms. The van der Waals surface area contributed by atoms with Gasteiger partial charge in [-0.2, -0.15) is 0 Å². The van der Waals surface area contributed by atoms with Crippen LogP contribution in [0.3, 0.4) is 0 Å². The summed E-state index contributed by atoms with van der Waals surface area (Å²) in [6.07, 6.45) is 6.23. The van der Waals surface area contributed by atoms with Crippen molar-refractivity contribution in [3.05, 3.63) is 47.3 Å². The number of rotatable bonds is 1. The molecule has 2 rings (SSSR count). The van der Waals surface area contributed by atoms with E-state index in [9.17, 15) is 8.78 Å². The SMILES string of the molecule is OC1=CC=C(C2=CC=CCC2)[C@H](F)C1F. The van der Waals surface area contributed by atoms with Gasteiger partial charge in [0, 0.05) is 0 Å². The Labute approximate surface area is 87.1 Å². The van der Waals surface area contributed by atoms with E-state index in [1.807, 2.05) is 12.2 Å². The first-order valence-corrected chi connectivity index (χ1v) is 4.95. The smallest absolute Gasteiger partial charge is 0.192 e. The van der Waals surface area contributed by atoms with Crippen molar-refractivity contribution in [3.63, 3.8) is 0 Å². The Morgan fingerprint density at radius 1 is 1.13 bits per heavy atom. The van der Waals surface area contributed by atoms with Gasteiger partial charge in [0.2, 0.25) is 0 Å². The van der Waals surface area contributed by atoms with Gasteiger partial charge in [-0.15, -0.1) is 0 Å². The van der Waals surface area contributed by atoms with Crippen LogP contribution in [0.1, 0.15) is 12.8 Å². The second-order valence-electron chi connectivity index (χ2n) is 3.68. The lowest BCUT2D eigenvalue weighted by atomic mass is 9.89. The summed E-state index contributed by atoms with van der Waals surface area (Å²) in [5, 5.41) is 9.03. The standard InChI is InChI=1S/C12H12F2O/c13-11-9(6-7-10(15)12(11)14)8-4-2-1-3-5-8/h1-2,4,6-7,11-12,15H,3,5H2/t11-,12?/m0/s1. The van der Waals surface area contributed by atoms with E-state index in [0.717, 1.165) is 18.4 Å². The first kappa shape index (κ1) is 10.1. The van der Waals surface area contributed by atoms with Gasteiger partial charge in [-0.1, -0.05) is 24.3 Å². The van der Waals surface area contributed by atoms with Crippen LogP contribution in [0, 0.1) is 0 Å². The zero-order valence-corrected chi connectivity index (χ0v) is 8.16. The van der Waals surface area contributed by atoms with Gasteiger partial charge in [-0.25, -0.2) is 8.78 Å². The molecule has 0 aromatic heterocycles. The molecule has 0 amide bonds. The van der Waals surface area contributed by atoms with Crippen LogP contribution in [-0.4, -0.2) is 17.4 Å². The lowest BCUT2D eigenvalue weighted by molar-refractivity contribution is 0.169. The molecule has 15 heavy (non-hydrogen) atoms. The van der Waals surface area contributed by atoms with Crippen molar-refractivity contribution in [2.45, 2.75) is 25.2 Å². The zero-order chi connectivity index (χ0) is 10.8. The second kappa shape index (κ2) is 4.01. The summed E-state index contributed by atoms with van der Waals surface area (Å²) in [6.45, 7) is 0. The minimum absolute atomic E-state index is 0.352. The summed E-state index contributed by atoms with van der Waals surface area (Å²) in [6, 6.07) is 0. The molecule has 0 saturated carbocycles. The fourth-order valence-electron chi connectivity index (χ4n) is 1.79. The third kappa shape index (κ3) is 1.87. The van der Waals surface area contributed by atoms with Gasteiger partial charge < -0.3 is 5.11 Å². The molecule has 1 N–H and O–H groups in total. The Kier molecular flexibility index (Phi) is 2.71. The van der Waals surface area contributed by atoms with E-state index >= 15 is 0 Å². The van der Waals surface area contributed by atoms with Crippen molar-refractivity contribution in [3.8, 4) is 0 Å². The molecule has 0 fully saturated rings. The largest absolute Gasteiger partial charge is 0.509 e. The predicted molar refractivity (Wildman–Crippen MR) is 55.0 cm³/mol. The molecular formula is C12H12F2O. The van der Waals surface area contributed by atoms with E-state index in [1.165, 1.54) is 12.2 Å². The second-order valence-corrected chi connectivity index (χ2v) is 3.68. The van der Waals surface area contributed by atoms with Crippen molar-refractivity contribution < 1.29 is 13.9 Å². The Balaban J connectivity index is 2.29. The maximum absolute atomic E-state index is 13.6. The molecule has 3 heteroatoms. The van der Waals surface area contributed by atoms with Crippen molar-refractivity contribution in [1.82, 2.24) is 0 Å². The van der Waals surface area contributed by atoms with Gasteiger partial charge in [-0.3, -0.25) is 0 Å². The van der Waals surface area contributed by atoms with Crippen molar-refractivity contribution in [2.75, 3.05) is 0 Å². The van der Waals surface area contributed by atoms with E-state index in [0.29, 0.717) is 5.57 Å². The maximum Gasteiger partial charge on any atom is 0.192 e. The van der Waals surface area contributed by atoms with E-state index in [2.05, 4.69) is 0 Å². The highest BCUT2D eigenvalue weighted by atomic mass is 19.2. The van der Waals surface area contributed by atoms with Gasteiger partial charge in [0.25, 0.3) is 0 Å². The first-order chi connectivity index (χ1) is 7.20. The zero-order valence-electron chi connectivity index (χ0n) is 8.16. The topological polar surface area (TPSA) is 20.2 Å². The predicted octanol–water partition coefficient (Wildman–Crippen LogP) is 3.32. The molecule has 0 aliphatic heterocycles. The summed E-state index contributed by atoms with van der Waals surface area (Å²) in [5.74, 6) is -0.529. The van der Waals surface area contributed by atoms with E-state index in [-0.39, 0.29) is 0 Å². The van der Waals surface area contributed by atoms with Crippen LogP contribution >= 0.6 is 0 Å².